The third kappa shape index (κ3) is 4.97. The van der Waals surface area contributed by atoms with Crippen molar-refractivity contribution in [1.82, 2.24) is 0 Å². The van der Waals surface area contributed by atoms with Crippen LogP contribution in [0.5, 0.6) is 0 Å². The summed E-state index contributed by atoms with van der Waals surface area (Å²) in [5, 5.41) is 10.3. The molecule has 0 aliphatic heterocycles. The van der Waals surface area contributed by atoms with Crippen molar-refractivity contribution < 1.29 is 14.6 Å². The second kappa shape index (κ2) is 7.65. The normalized spacial score (nSPS) is 33.7. The summed E-state index contributed by atoms with van der Waals surface area (Å²) in [6, 6.07) is 0. The van der Waals surface area contributed by atoms with Crippen LogP contribution >= 0.6 is 0 Å². The van der Waals surface area contributed by atoms with Crippen molar-refractivity contribution in [3.8, 4) is 0 Å². The summed E-state index contributed by atoms with van der Waals surface area (Å²) in [4.78, 5) is 11.4. The van der Waals surface area contributed by atoms with Gasteiger partial charge in [-0.15, -0.1) is 0 Å². The highest BCUT2D eigenvalue weighted by molar-refractivity contribution is 5.66. The molecule has 1 saturated carbocycles. The van der Waals surface area contributed by atoms with E-state index in [1.807, 2.05) is 0 Å². The maximum Gasteiger partial charge on any atom is 0.303 e. The molecule has 0 aromatic heterocycles. The lowest BCUT2D eigenvalue weighted by molar-refractivity contribution is -0.162. The number of carbonyl (C=O) groups is 1. The van der Waals surface area contributed by atoms with Crippen molar-refractivity contribution >= 4 is 5.97 Å². The largest absolute Gasteiger partial charge is 0.460 e. The van der Waals surface area contributed by atoms with E-state index in [1.54, 1.807) is 13.8 Å². The summed E-state index contributed by atoms with van der Waals surface area (Å²) in [6.07, 6.45) is 9.41. The van der Waals surface area contributed by atoms with Gasteiger partial charge in [0.05, 0.1) is 5.60 Å². The second-order valence-corrected chi connectivity index (χ2v) is 9.15. The van der Waals surface area contributed by atoms with Crippen LogP contribution in [0.4, 0.5) is 0 Å². The lowest BCUT2D eigenvalue weighted by Crippen LogP contribution is -2.48. The summed E-state index contributed by atoms with van der Waals surface area (Å²) in [5.41, 5.74) is 2.15. The van der Waals surface area contributed by atoms with Gasteiger partial charge in [-0.25, -0.2) is 0 Å². The monoisotopic (exact) mass is 348 g/mol. The van der Waals surface area contributed by atoms with E-state index in [0.29, 0.717) is 18.3 Å². The van der Waals surface area contributed by atoms with Crippen molar-refractivity contribution in [2.24, 2.45) is 17.3 Å². The number of ether oxygens (including phenoxy) is 1. The van der Waals surface area contributed by atoms with Gasteiger partial charge in [0.1, 0.15) is 6.10 Å². The van der Waals surface area contributed by atoms with Crippen molar-refractivity contribution in [3.63, 3.8) is 0 Å². The van der Waals surface area contributed by atoms with Gasteiger partial charge in [-0.05, 0) is 83.0 Å². The quantitative estimate of drug-likeness (QED) is 0.549. The Balaban J connectivity index is 2.04. The molecule has 2 aliphatic carbocycles. The summed E-state index contributed by atoms with van der Waals surface area (Å²) < 4.78 is 5.40. The first-order valence-electron chi connectivity index (χ1n) is 9.76. The van der Waals surface area contributed by atoms with Crippen molar-refractivity contribution in [1.29, 1.82) is 0 Å². The van der Waals surface area contributed by atoms with Gasteiger partial charge in [0.25, 0.3) is 0 Å². The van der Waals surface area contributed by atoms with Gasteiger partial charge in [-0.1, -0.05) is 30.7 Å². The Hall–Kier alpha value is -1.09. The zero-order valence-electron chi connectivity index (χ0n) is 16.7. The smallest absolute Gasteiger partial charge is 0.303 e. The summed E-state index contributed by atoms with van der Waals surface area (Å²) in [5.74, 6) is 0.972. The van der Waals surface area contributed by atoms with Gasteiger partial charge in [-0.2, -0.15) is 0 Å². The van der Waals surface area contributed by atoms with Crippen LogP contribution in [0.15, 0.2) is 23.8 Å². The van der Waals surface area contributed by atoms with Gasteiger partial charge in [0.2, 0.25) is 0 Å². The van der Waals surface area contributed by atoms with Crippen molar-refractivity contribution in [3.05, 3.63) is 23.8 Å². The fourth-order valence-electron chi connectivity index (χ4n) is 4.78. The molecule has 0 saturated heterocycles. The first-order valence-corrected chi connectivity index (χ1v) is 9.76. The molecule has 0 bridgehead atoms. The molecule has 1 N–H and O–H groups in total. The third-order valence-electron chi connectivity index (χ3n) is 6.47. The van der Waals surface area contributed by atoms with Crippen molar-refractivity contribution in [2.45, 2.75) is 91.3 Å². The minimum Gasteiger partial charge on any atom is -0.460 e. The number of fused-ring (bicyclic) bond motifs is 1. The van der Waals surface area contributed by atoms with Crippen LogP contribution < -0.4 is 0 Å². The molecule has 4 atom stereocenters. The predicted octanol–water partition coefficient (Wildman–Crippen LogP) is 5.19. The highest BCUT2D eigenvalue weighted by Crippen LogP contribution is 2.59. The van der Waals surface area contributed by atoms with E-state index in [2.05, 4.69) is 26.5 Å². The number of carbonyl (C=O) groups excluding carboxylic acids is 1. The van der Waals surface area contributed by atoms with Crippen LogP contribution in [0.25, 0.3) is 0 Å². The molecule has 0 radical (unpaired) electrons. The molecule has 25 heavy (non-hydrogen) atoms. The van der Waals surface area contributed by atoms with Crippen LogP contribution in [0, 0.1) is 17.3 Å². The van der Waals surface area contributed by atoms with E-state index in [-0.39, 0.29) is 11.4 Å². The molecule has 1 fully saturated rings. The SMILES string of the molecule is C=C1CC/C=C(\C)CC[C@@H]2[C@@H]1C[C@@]2(C)CCC(OC(C)=O)C(C)(C)O. The lowest BCUT2D eigenvalue weighted by Gasteiger charge is -2.55. The standard InChI is InChI=1S/C22H36O3/c1-15-8-7-9-16(2)18-14-22(6,19(18)11-10-15)13-12-20(21(4,5)24)25-17(3)23/h8,18-20,24H,2,7,9-14H2,1,3-6H3/b15-8+/t18-,19-,20?,22-/m1/s1. The van der Waals surface area contributed by atoms with Crippen LogP contribution in [0.3, 0.4) is 0 Å². The van der Waals surface area contributed by atoms with Gasteiger partial charge in [-0.3, -0.25) is 4.79 Å². The first kappa shape index (κ1) is 20.2. The fourth-order valence-corrected chi connectivity index (χ4v) is 4.78. The number of esters is 1. The first-order chi connectivity index (χ1) is 11.5. The highest BCUT2D eigenvalue weighted by atomic mass is 16.6. The topological polar surface area (TPSA) is 46.5 Å². The molecular weight excluding hydrogens is 312 g/mol. The Labute approximate surface area is 153 Å². The molecule has 0 aromatic rings. The van der Waals surface area contributed by atoms with Gasteiger partial charge >= 0.3 is 5.97 Å². The van der Waals surface area contributed by atoms with E-state index in [4.69, 9.17) is 4.74 Å². The maximum absolute atomic E-state index is 11.4. The molecule has 3 nitrogen and oxygen atoms in total. The summed E-state index contributed by atoms with van der Waals surface area (Å²) in [7, 11) is 0. The maximum atomic E-state index is 11.4. The summed E-state index contributed by atoms with van der Waals surface area (Å²) in [6.45, 7) is 13.8. The molecule has 2 rings (SSSR count). The van der Waals surface area contributed by atoms with E-state index in [0.717, 1.165) is 19.3 Å². The second-order valence-electron chi connectivity index (χ2n) is 9.15. The van der Waals surface area contributed by atoms with Crippen LogP contribution in [0.1, 0.15) is 79.6 Å². The Kier molecular flexibility index (Phi) is 6.19. The van der Waals surface area contributed by atoms with Crippen molar-refractivity contribution in [2.75, 3.05) is 0 Å². The van der Waals surface area contributed by atoms with Gasteiger partial charge in [0.15, 0.2) is 0 Å². The average Bonchev–Trinajstić information content (AvgIpc) is 2.52. The fraction of sp³-hybridized carbons (Fsp3) is 0.773. The minimum absolute atomic E-state index is 0.252. The molecule has 2 aliphatic rings. The molecule has 142 valence electrons. The zero-order chi connectivity index (χ0) is 18.8. The number of allylic oxidation sites excluding steroid dienone is 3. The number of rotatable bonds is 5. The van der Waals surface area contributed by atoms with E-state index in [9.17, 15) is 9.90 Å². The molecule has 0 heterocycles. The molecule has 0 spiro atoms. The summed E-state index contributed by atoms with van der Waals surface area (Å²) >= 11 is 0. The molecule has 3 heteroatoms. The van der Waals surface area contributed by atoms with Crippen LogP contribution in [0.2, 0.25) is 0 Å². The Morgan fingerprint density at radius 2 is 2.16 bits per heavy atom. The number of hydrogen-bond donors (Lipinski definition) is 1. The average molecular weight is 349 g/mol. The lowest BCUT2D eigenvalue weighted by atomic mass is 9.49. The van der Waals surface area contributed by atoms with E-state index < -0.39 is 11.7 Å². The minimum atomic E-state index is -1.01. The predicted molar refractivity (Wildman–Crippen MR) is 102 cm³/mol. The Morgan fingerprint density at radius 3 is 2.76 bits per heavy atom. The third-order valence-corrected chi connectivity index (χ3v) is 6.47. The number of hydrogen-bond acceptors (Lipinski definition) is 3. The molecule has 0 amide bonds. The molecule has 1 unspecified atom stereocenters. The Morgan fingerprint density at radius 1 is 1.48 bits per heavy atom. The number of aliphatic hydroxyl groups is 1. The van der Waals surface area contributed by atoms with E-state index >= 15 is 0 Å². The zero-order valence-corrected chi connectivity index (χ0v) is 16.7. The van der Waals surface area contributed by atoms with Gasteiger partial charge in [0, 0.05) is 6.92 Å². The van der Waals surface area contributed by atoms with E-state index in [1.165, 1.54) is 37.3 Å². The van der Waals surface area contributed by atoms with Gasteiger partial charge < -0.3 is 9.84 Å². The molecular formula is C22H36O3. The van der Waals surface area contributed by atoms with Crippen LogP contribution in [-0.2, 0) is 9.53 Å². The Bertz CT molecular complexity index is 540. The highest BCUT2D eigenvalue weighted by Gasteiger charge is 2.50. The molecule has 0 aromatic carbocycles. The van der Waals surface area contributed by atoms with Crippen LogP contribution in [-0.4, -0.2) is 22.8 Å².